The molecule has 6 heteroatoms. The lowest BCUT2D eigenvalue weighted by atomic mass is 9.87. The highest BCUT2D eigenvalue weighted by Crippen LogP contribution is 2.35. The number of rotatable bonds is 9. The van der Waals surface area contributed by atoms with Gasteiger partial charge < -0.3 is 19.3 Å². The van der Waals surface area contributed by atoms with Crippen molar-refractivity contribution < 1.29 is 24.1 Å². The van der Waals surface area contributed by atoms with Crippen LogP contribution >= 0.6 is 11.8 Å². The first-order valence-corrected chi connectivity index (χ1v) is 10.1. The minimum Gasteiger partial charge on any atom is -0.495 e. The Labute approximate surface area is 171 Å². The summed E-state index contributed by atoms with van der Waals surface area (Å²) in [5, 5.41) is 8.76. The average molecular weight is 405 g/mol. The van der Waals surface area contributed by atoms with E-state index in [-0.39, 0.29) is 12.0 Å². The Kier molecular flexibility index (Phi) is 7.63. The summed E-state index contributed by atoms with van der Waals surface area (Å²) in [7, 11) is 1.59. The lowest BCUT2D eigenvalue weighted by molar-refractivity contribution is -0.139. The molecule has 0 saturated carbocycles. The van der Waals surface area contributed by atoms with Gasteiger partial charge in [-0.15, -0.1) is 11.8 Å². The zero-order chi connectivity index (χ0) is 20.7. The van der Waals surface area contributed by atoms with Crippen LogP contribution in [0.1, 0.15) is 31.9 Å². The van der Waals surface area contributed by atoms with Crippen molar-refractivity contribution in [1.82, 2.24) is 0 Å². The van der Waals surface area contributed by atoms with Crippen molar-refractivity contribution in [3.8, 4) is 17.2 Å². The van der Waals surface area contributed by atoms with E-state index in [0.29, 0.717) is 18.1 Å². The Morgan fingerprint density at radius 1 is 1.07 bits per heavy atom. The van der Waals surface area contributed by atoms with E-state index in [4.69, 9.17) is 19.3 Å². The second kappa shape index (κ2) is 9.73. The smallest absolute Gasteiger partial charge is 0.341 e. The van der Waals surface area contributed by atoms with Crippen LogP contribution in [0, 0.1) is 6.92 Å². The topological polar surface area (TPSA) is 65.0 Å². The Hall–Kier alpha value is -2.34. The molecule has 0 spiro atoms. The van der Waals surface area contributed by atoms with Crippen LogP contribution in [-0.4, -0.2) is 37.2 Å². The van der Waals surface area contributed by atoms with Gasteiger partial charge in [0.05, 0.1) is 13.7 Å². The first-order chi connectivity index (χ1) is 13.2. The van der Waals surface area contributed by atoms with Gasteiger partial charge in [0.15, 0.2) is 6.61 Å². The third-order valence-electron chi connectivity index (χ3n) is 4.14. The SMILES string of the molecule is COc1cc(OCC(=O)O)c(C)cc1SCCOc1ccc(C(C)(C)C)cc1. The summed E-state index contributed by atoms with van der Waals surface area (Å²) in [5.74, 6) is 1.77. The van der Waals surface area contributed by atoms with Gasteiger partial charge in [-0.2, -0.15) is 0 Å². The molecule has 0 aliphatic heterocycles. The number of aliphatic carboxylic acids is 1. The fraction of sp³-hybridized carbons (Fsp3) is 0.409. The first-order valence-electron chi connectivity index (χ1n) is 9.10. The fourth-order valence-corrected chi connectivity index (χ4v) is 3.50. The van der Waals surface area contributed by atoms with E-state index in [1.165, 1.54) is 5.56 Å². The van der Waals surface area contributed by atoms with Crippen molar-refractivity contribution >= 4 is 17.7 Å². The van der Waals surface area contributed by atoms with Crippen molar-refractivity contribution in [2.45, 2.75) is 38.0 Å². The molecular weight excluding hydrogens is 376 g/mol. The van der Waals surface area contributed by atoms with Crippen molar-refractivity contribution in [3.05, 3.63) is 47.5 Å². The summed E-state index contributed by atoms with van der Waals surface area (Å²) in [6.45, 7) is 8.64. The van der Waals surface area contributed by atoms with Gasteiger partial charge in [0.1, 0.15) is 17.2 Å². The minimum atomic E-state index is -1.01. The van der Waals surface area contributed by atoms with Crippen molar-refractivity contribution in [2.24, 2.45) is 0 Å². The summed E-state index contributed by atoms with van der Waals surface area (Å²) in [4.78, 5) is 11.7. The summed E-state index contributed by atoms with van der Waals surface area (Å²) >= 11 is 1.62. The molecule has 1 N–H and O–H groups in total. The highest BCUT2D eigenvalue weighted by molar-refractivity contribution is 7.99. The summed E-state index contributed by atoms with van der Waals surface area (Å²) in [6.07, 6.45) is 0. The average Bonchev–Trinajstić information content (AvgIpc) is 2.64. The van der Waals surface area contributed by atoms with Gasteiger partial charge in [0, 0.05) is 16.7 Å². The molecule has 0 bridgehead atoms. The van der Waals surface area contributed by atoms with Crippen LogP contribution < -0.4 is 14.2 Å². The van der Waals surface area contributed by atoms with E-state index in [0.717, 1.165) is 22.0 Å². The van der Waals surface area contributed by atoms with Gasteiger partial charge in [-0.1, -0.05) is 32.9 Å². The zero-order valence-electron chi connectivity index (χ0n) is 17.1. The number of thioether (sulfide) groups is 1. The van der Waals surface area contributed by atoms with Gasteiger partial charge in [0.2, 0.25) is 0 Å². The van der Waals surface area contributed by atoms with Gasteiger partial charge in [-0.3, -0.25) is 0 Å². The lowest BCUT2D eigenvalue weighted by Crippen LogP contribution is -2.10. The molecular formula is C22H28O5S. The van der Waals surface area contributed by atoms with Crippen LogP contribution in [0.5, 0.6) is 17.2 Å². The van der Waals surface area contributed by atoms with E-state index in [9.17, 15) is 4.79 Å². The van der Waals surface area contributed by atoms with Crippen LogP contribution in [0.15, 0.2) is 41.3 Å². The van der Waals surface area contributed by atoms with Crippen LogP contribution in [0.2, 0.25) is 0 Å². The maximum absolute atomic E-state index is 10.7. The van der Waals surface area contributed by atoms with Crippen LogP contribution in [-0.2, 0) is 10.2 Å². The molecule has 0 radical (unpaired) electrons. The molecule has 2 rings (SSSR count). The number of hydrogen-bond donors (Lipinski definition) is 1. The van der Waals surface area contributed by atoms with Crippen LogP contribution in [0.25, 0.3) is 0 Å². The number of ether oxygens (including phenoxy) is 3. The summed E-state index contributed by atoms with van der Waals surface area (Å²) < 4.78 is 16.6. The first kappa shape index (κ1) is 22.0. The number of carboxylic acids is 1. The second-order valence-electron chi connectivity index (χ2n) is 7.42. The van der Waals surface area contributed by atoms with E-state index in [2.05, 4.69) is 32.9 Å². The van der Waals surface area contributed by atoms with Gasteiger partial charge in [-0.25, -0.2) is 4.79 Å². The number of carbonyl (C=O) groups is 1. The molecule has 2 aromatic rings. The number of carboxylic acid groups (broad SMARTS) is 1. The fourth-order valence-electron chi connectivity index (χ4n) is 2.57. The maximum atomic E-state index is 10.7. The van der Waals surface area contributed by atoms with Crippen molar-refractivity contribution in [2.75, 3.05) is 26.1 Å². The second-order valence-corrected chi connectivity index (χ2v) is 8.56. The van der Waals surface area contributed by atoms with Crippen molar-refractivity contribution in [3.63, 3.8) is 0 Å². The van der Waals surface area contributed by atoms with Gasteiger partial charge >= 0.3 is 5.97 Å². The lowest BCUT2D eigenvalue weighted by Gasteiger charge is -2.19. The van der Waals surface area contributed by atoms with Crippen molar-refractivity contribution in [1.29, 1.82) is 0 Å². The highest BCUT2D eigenvalue weighted by Gasteiger charge is 2.13. The Morgan fingerprint density at radius 3 is 2.32 bits per heavy atom. The Morgan fingerprint density at radius 2 is 1.75 bits per heavy atom. The predicted octanol–water partition coefficient (Wildman–Crippen LogP) is 4.94. The minimum absolute atomic E-state index is 0.128. The number of aryl methyl sites for hydroxylation is 1. The maximum Gasteiger partial charge on any atom is 0.341 e. The number of benzene rings is 2. The molecule has 2 aromatic carbocycles. The van der Waals surface area contributed by atoms with E-state index in [1.807, 2.05) is 25.1 Å². The zero-order valence-corrected chi connectivity index (χ0v) is 17.9. The number of hydrogen-bond acceptors (Lipinski definition) is 5. The third-order valence-corrected chi connectivity index (χ3v) is 5.14. The monoisotopic (exact) mass is 404 g/mol. The molecule has 0 aromatic heterocycles. The Balaban J connectivity index is 1.91. The standard InChI is InChI=1S/C22H28O5S/c1-15-12-20(19(25-5)13-18(15)27-14-21(23)24)28-11-10-26-17-8-6-16(7-9-17)22(2,3)4/h6-9,12-13H,10-11,14H2,1-5H3,(H,23,24). The van der Waals surface area contributed by atoms with Gasteiger partial charge in [-0.05, 0) is 41.7 Å². The molecule has 0 unspecified atom stereocenters. The van der Waals surface area contributed by atoms with Crippen LogP contribution in [0.4, 0.5) is 0 Å². The highest BCUT2D eigenvalue weighted by atomic mass is 32.2. The van der Waals surface area contributed by atoms with Gasteiger partial charge in [0.25, 0.3) is 0 Å². The summed E-state index contributed by atoms with van der Waals surface area (Å²) in [5.41, 5.74) is 2.27. The van der Waals surface area contributed by atoms with E-state index >= 15 is 0 Å². The molecule has 28 heavy (non-hydrogen) atoms. The number of methoxy groups -OCH3 is 1. The Bertz CT molecular complexity index is 794. The normalized spacial score (nSPS) is 11.2. The largest absolute Gasteiger partial charge is 0.495 e. The predicted molar refractivity (Wildman–Crippen MR) is 112 cm³/mol. The molecule has 152 valence electrons. The summed E-state index contributed by atoms with van der Waals surface area (Å²) in [6, 6.07) is 11.9. The van der Waals surface area contributed by atoms with E-state index < -0.39 is 5.97 Å². The molecule has 0 saturated heterocycles. The molecule has 0 heterocycles. The molecule has 5 nitrogen and oxygen atoms in total. The molecule has 0 amide bonds. The van der Waals surface area contributed by atoms with E-state index in [1.54, 1.807) is 24.9 Å². The molecule has 0 atom stereocenters. The third kappa shape index (κ3) is 6.37. The molecule has 0 aliphatic carbocycles. The molecule has 0 fully saturated rings. The molecule has 0 aliphatic rings. The quantitative estimate of drug-likeness (QED) is 0.472. The van der Waals surface area contributed by atoms with Crippen LogP contribution in [0.3, 0.4) is 0 Å².